The van der Waals surface area contributed by atoms with Crippen molar-refractivity contribution >= 4 is 12.0 Å². The molecule has 2 atom stereocenters. The lowest BCUT2D eigenvalue weighted by Gasteiger charge is -2.38. The average molecular weight is 270 g/mol. The Morgan fingerprint density at radius 3 is 2.68 bits per heavy atom. The monoisotopic (exact) mass is 270 g/mol. The van der Waals surface area contributed by atoms with Gasteiger partial charge in [0, 0.05) is 26.1 Å². The van der Waals surface area contributed by atoms with Crippen LogP contribution in [0.3, 0.4) is 0 Å². The molecule has 0 bridgehead atoms. The van der Waals surface area contributed by atoms with Crippen LogP contribution in [-0.2, 0) is 4.79 Å². The molecule has 2 rings (SSSR count). The molecule has 108 valence electrons. The molecule has 2 amide bonds. The summed E-state index contributed by atoms with van der Waals surface area (Å²) in [6.07, 6.45) is 2.41. The van der Waals surface area contributed by atoms with E-state index >= 15 is 0 Å². The first-order valence-corrected chi connectivity index (χ1v) is 6.85. The lowest BCUT2D eigenvalue weighted by molar-refractivity contribution is -0.138. The number of amides is 2. The summed E-state index contributed by atoms with van der Waals surface area (Å²) in [7, 11) is 0. The number of rotatable bonds is 2. The van der Waals surface area contributed by atoms with Crippen molar-refractivity contribution in [1.82, 2.24) is 9.80 Å². The van der Waals surface area contributed by atoms with Crippen molar-refractivity contribution in [1.29, 1.82) is 0 Å². The van der Waals surface area contributed by atoms with E-state index < -0.39 is 11.6 Å². The second-order valence-electron chi connectivity index (χ2n) is 6.00. The van der Waals surface area contributed by atoms with Crippen molar-refractivity contribution in [2.24, 2.45) is 5.92 Å². The molecule has 2 N–H and O–H groups in total. The molecule has 0 aromatic heterocycles. The van der Waals surface area contributed by atoms with Crippen molar-refractivity contribution in [2.75, 3.05) is 26.2 Å². The van der Waals surface area contributed by atoms with Gasteiger partial charge in [0.25, 0.3) is 0 Å². The number of likely N-dealkylation sites (tertiary alicyclic amines) is 2. The van der Waals surface area contributed by atoms with Gasteiger partial charge in [-0.05, 0) is 32.1 Å². The van der Waals surface area contributed by atoms with E-state index in [1.807, 2.05) is 0 Å². The first-order valence-electron chi connectivity index (χ1n) is 6.85. The van der Waals surface area contributed by atoms with Gasteiger partial charge in [0.2, 0.25) is 0 Å². The summed E-state index contributed by atoms with van der Waals surface area (Å²) < 4.78 is 0. The van der Waals surface area contributed by atoms with E-state index in [0.717, 1.165) is 19.3 Å². The maximum Gasteiger partial charge on any atom is 0.320 e. The molecule has 2 heterocycles. The molecule has 2 aliphatic rings. The summed E-state index contributed by atoms with van der Waals surface area (Å²) in [5, 5.41) is 18.8. The Morgan fingerprint density at radius 2 is 2.05 bits per heavy atom. The second-order valence-corrected chi connectivity index (χ2v) is 6.00. The van der Waals surface area contributed by atoms with Crippen LogP contribution in [0.5, 0.6) is 0 Å². The molecule has 19 heavy (non-hydrogen) atoms. The minimum absolute atomic E-state index is 0.0618. The second kappa shape index (κ2) is 5.36. The van der Waals surface area contributed by atoms with Crippen molar-refractivity contribution in [3.8, 4) is 0 Å². The number of urea groups is 1. The van der Waals surface area contributed by atoms with Gasteiger partial charge >= 0.3 is 12.0 Å². The van der Waals surface area contributed by atoms with Crippen molar-refractivity contribution in [3.63, 3.8) is 0 Å². The van der Waals surface area contributed by atoms with Gasteiger partial charge in [-0.3, -0.25) is 4.79 Å². The maximum atomic E-state index is 12.3. The molecule has 0 saturated carbocycles. The summed E-state index contributed by atoms with van der Waals surface area (Å²) in [4.78, 5) is 26.4. The van der Waals surface area contributed by atoms with Crippen LogP contribution in [0.4, 0.5) is 4.79 Å². The number of carboxylic acid groups (broad SMARTS) is 1. The highest BCUT2D eigenvalue weighted by atomic mass is 16.4. The highest BCUT2D eigenvalue weighted by Gasteiger charge is 2.35. The molecule has 0 radical (unpaired) electrons. The number of carbonyl (C=O) groups is 2. The molecule has 0 spiro atoms. The number of aliphatic hydroxyl groups is 1. The normalized spacial score (nSPS) is 31.6. The zero-order valence-corrected chi connectivity index (χ0v) is 11.3. The van der Waals surface area contributed by atoms with Crippen LogP contribution in [0, 0.1) is 5.92 Å². The predicted octanol–water partition coefficient (Wildman–Crippen LogP) is 0.750. The Labute approximate surface area is 113 Å². The van der Waals surface area contributed by atoms with Gasteiger partial charge in [-0.15, -0.1) is 0 Å². The Bertz CT molecular complexity index is 370. The third-order valence-corrected chi connectivity index (χ3v) is 3.97. The van der Waals surface area contributed by atoms with Crippen LogP contribution in [0.1, 0.15) is 32.6 Å². The fourth-order valence-corrected chi connectivity index (χ4v) is 3.00. The Balaban J connectivity index is 1.88. The third kappa shape index (κ3) is 3.59. The quantitative estimate of drug-likeness (QED) is 0.776. The van der Waals surface area contributed by atoms with Gasteiger partial charge in [0.05, 0.1) is 12.1 Å². The zero-order chi connectivity index (χ0) is 14.0. The van der Waals surface area contributed by atoms with E-state index in [2.05, 4.69) is 0 Å². The summed E-state index contributed by atoms with van der Waals surface area (Å²) in [6.45, 7) is 3.93. The predicted molar refractivity (Wildman–Crippen MR) is 68.8 cm³/mol. The SMILES string of the molecule is CC1(O)CCCN(C(=O)N2CCC(CC(=O)O)C2)C1. The molecule has 2 unspecified atom stereocenters. The molecule has 0 aliphatic carbocycles. The number of hydrogen-bond donors (Lipinski definition) is 2. The topological polar surface area (TPSA) is 81.1 Å². The molecule has 2 fully saturated rings. The fraction of sp³-hybridized carbons (Fsp3) is 0.846. The van der Waals surface area contributed by atoms with Crippen LogP contribution in [0.2, 0.25) is 0 Å². The lowest BCUT2D eigenvalue weighted by Crippen LogP contribution is -2.52. The molecule has 0 aromatic rings. The third-order valence-electron chi connectivity index (χ3n) is 3.97. The van der Waals surface area contributed by atoms with Crippen molar-refractivity contribution < 1.29 is 19.8 Å². The van der Waals surface area contributed by atoms with Crippen molar-refractivity contribution in [2.45, 2.75) is 38.2 Å². The van der Waals surface area contributed by atoms with Crippen LogP contribution in [0.25, 0.3) is 0 Å². The van der Waals surface area contributed by atoms with Crippen LogP contribution in [0.15, 0.2) is 0 Å². The number of carboxylic acids is 1. The van der Waals surface area contributed by atoms with Gasteiger partial charge in [-0.2, -0.15) is 0 Å². The van der Waals surface area contributed by atoms with E-state index in [-0.39, 0.29) is 18.4 Å². The highest BCUT2D eigenvalue weighted by molar-refractivity contribution is 5.75. The number of piperidine rings is 1. The van der Waals surface area contributed by atoms with Gasteiger partial charge in [-0.1, -0.05) is 0 Å². The molecule has 0 aromatic carbocycles. The number of carbonyl (C=O) groups excluding carboxylic acids is 1. The Kier molecular flexibility index (Phi) is 3.99. The molecule has 6 heteroatoms. The first-order chi connectivity index (χ1) is 8.87. The zero-order valence-electron chi connectivity index (χ0n) is 11.3. The molecular weight excluding hydrogens is 248 g/mol. The van der Waals surface area contributed by atoms with E-state index in [9.17, 15) is 14.7 Å². The molecule has 6 nitrogen and oxygen atoms in total. The van der Waals surface area contributed by atoms with Crippen LogP contribution in [-0.4, -0.2) is 63.8 Å². The smallest absolute Gasteiger partial charge is 0.320 e. The van der Waals surface area contributed by atoms with Gasteiger partial charge in [-0.25, -0.2) is 4.79 Å². The Hall–Kier alpha value is -1.30. The van der Waals surface area contributed by atoms with Gasteiger partial charge < -0.3 is 20.0 Å². The maximum absolute atomic E-state index is 12.3. The minimum Gasteiger partial charge on any atom is -0.481 e. The minimum atomic E-state index is -0.805. The Morgan fingerprint density at radius 1 is 1.32 bits per heavy atom. The van der Waals surface area contributed by atoms with Crippen LogP contribution >= 0.6 is 0 Å². The highest BCUT2D eigenvalue weighted by Crippen LogP contribution is 2.25. The number of nitrogens with zero attached hydrogens (tertiary/aromatic N) is 2. The van der Waals surface area contributed by atoms with Gasteiger partial charge in [0.15, 0.2) is 0 Å². The summed E-state index contributed by atoms with van der Waals surface area (Å²) in [5.41, 5.74) is -0.798. The summed E-state index contributed by atoms with van der Waals surface area (Å²) in [6, 6.07) is -0.0622. The lowest BCUT2D eigenvalue weighted by atomic mass is 9.95. The standard InChI is InChI=1S/C13H22N2O4/c1-13(19)4-2-5-15(9-13)12(18)14-6-3-10(8-14)7-11(16)17/h10,19H,2-9H2,1H3,(H,16,17). The summed E-state index contributed by atoms with van der Waals surface area (Å²) >= 11 is 0. The van der Waals surface area contributed by atoms with E-state index in [1.165, 1.54) is 0 Å². The molecular formula is C13H22N2O4. The molecule has 2 saturated heterocycles. The average Bonchev–Trinajstić information content (AvgIpc) is 2.74. The summed E-state index contributed by atoms with van der Waals surface area (Å²) in [5.74, 6) is -0.744. The number of hydrogen-bond acceptors (Lipinski definition) is 3. The van der Waals surface area contributed by atoms with E-state index in [4.69, 9.17) is 5.11 Å². The first kappa shape index (κ1) is 14.1. The number of β-amino-alcohol motifs (C(OH)–C–C–N with tert-alkyl or cyclic N) is 1. The van der Waals surface area contributed by atoms with Gasteiger partial charge in [0.1, 0.15) is 0 Å². The fourth-order valence-electron chi connectivity index (χ4n) is 3.00. The molecule has 2 aliphatic heterocycles. The largest absolute Gasteiger partial charge is 0.481 e. The van der Waals surface area contributed by atoms with Crippen LogP contribution < -0.4 is 0 Å². The number of aliphatic carboxylic acids is 1. The van der Waals surface area contributed by atoms with E-state index in [0.29, 0.717) is 26.2 Å². The van der Waals surface area contributed by atoms with E-state index in [1.54, 1.807) is 16.7 Å². The van der Waals surface area contributed by atoms with Crippen molar-refractivity contribution in [3.05, 3.63) is 0 Å².